The molecule has 0 spiro atoms. The lowest BCUT2D eigenvalue weighted by Gasteiger charge is -2.39. The predicted octanol–water partition coefficient (Wildman–Crippen LogP) is 3.48. The first kappa shape index (κ1) is 13.9. The number of nitrogens with zero attached hydrogens (tertiary/aromatic N) is 2. The van der Waals surface area contributed by atoms with Crippen molar-refractivity contribution in [3.8, 4) is 0 Å². The van der Waals surface area contributed by atoms with Crippen LogP contribution >= 0.6 is 23.2 Å². The molecule has 0 saturated carbocycles. The molecular formula is C13H18Cl2N2O. The normalized spacial score (nSPS) is 24.3. The van der Waals surface area contributed by atoms with Gasteiger partial charge in [0.25, 0.3) is 0 Å². The second kappa shape index (κ2) is 6.09. The highest BCUT2D eigenvalue weighted by Gasteiger charge is 2.27. The van der Waals surface area contributed by atoms with Gasteiger partial charge in [-0.1, -0.05) is 18.5 Å². The summed E-state index contributed by atoms with van der Waals surface area (Å²) in [6.45, 7) is 5.77. The Labute approximate surface area is 118 Å². The molecule has 1 fully saturated rings. The summed E-state index contributed by atoms with van der Waals surface area (Å²) in [7, 11) is 0. The quantitative estimate of drug-likeness (QED) is 0.797. The minimum Gasteiger partial charge on any atom is -0.375 e. The molecule has 2 heterocycles. The highest BCUT2D eigenvalue weighted by atomic mass is 35.5. The molecule has 1 aromatic rings. The fraction of sp³-hybridized carbons (Fsp3) is 0.615. The first-order valence-electron chi connectivity index (χ1n) is 6.24. The Balaban J connectivity index is 2.27. The molecule has 18 heavy (non-hydrogen) atoms. The summed E-state index contributed by atoms with van der Waals surface area (Å²) in [5, 5.41) is 0.667. The molecule has 0 bridgehead atoms. The Hall–Kier alpha value is -0.510. The number of rotatable bonds is 3. The van der Waals surface area contributed by atoms with Gasteiger partial charge >= 0.3 is 0 Å². The van der Waals surface area contributed by atoms with Crippen molar-refractivity contribution in [2.75, 3.05) is 18.1 Å². The second-order valence-electron chi connectivity index (χ2n) is 4.64. The number of anilines is 1. The van der Waals surface area contributed by atoms with Crippen molar-refractivity contribution in [3.05, 3.63) is 22.8 Å². The average Bonchev–Trinajstić information content (AvgIpc) is 2.38. The van der Waals surface area contributed by atoms with E-state index < -0.39 is 0 Å². The van der Waals surface area contributed by atoms with Crippen LogP contribution in [0.5, 0.6) is 0 Å². The molecule has 0 aromatic carbocycles. The van der Waals surface area contributed by atoms with Crippen LogP contribution in [0.1, 0.15) is 25.8 Å². The van der Waals surface area contributed by atoms with Crippen LogP contribution in [0, 0.1) is 0 Å². The fourth-order valence-electron chi connectivity index (χ4n) is 2.20. The zero-order valence-electron chi connectivity index (χ0n) is 10.7. The van der Waals surface area contributed by atoms with E-state index in [1.54, 1.807) is 6.20 Å². The molecule has 0 N–H and O–H groups in total. The third kappa shape index (κ3) is 2.90. The van der Waals surface area contributed by atoms with Crippen LogP contribution in [0.4, 0.5) is 5.82 Å². The number of morpholine rings is 1. The summed E-state index contributed by atoms with van der Waals surface area (Å²) in [6.07, 6.45) is 3.02. The van der Waals surface area contributed by atoms with E-state index in [-0.39, 0.29) is 6.10 Å². The molecule has 0 aliphatic carbocycles. The van der Waals surface area contributed by atoms with Crippen molar-refractivity contribution in [2.24, 2.45) is 0 Å². The van der Waals surface area contributed by atoms with Crippen molar-refractivity contribution in [2.45, 2.75) is 38.3 Å². The van der Waals surface area contributed by atoms with Crippen LogP contribution in [0.2, 0.25) is 5.02 Å². The molecule has 1 aromatic heterocycles. The van der Waals surface area contributed by atoms with E-state index in [4.69, 9.17) is 27.9 Å². The number of hydrogen-bond acceptors (Lipinski definition) is 3. The Bertz CT molecular complexity index is 414. The van der Waals surface area contributed by atoms with E-state index >= 15 is 0 Å². The Morgan fingerprint density at radius 1 is 1.56 bits per heavy atom. The van der Waals surface area contributed by atoms with Gasteiger partial charge in [-0.15, -0.1) is 11.6 Å². The number of ether oxygens (including phenoxy) is 1. The minimum absolute atomic E-state index is 0.207. The molecule has 2 atom stereocenters. The summed E-state index contributed by atoms with van der Waals surface area (Å²) in [5.41, 5.74) is 0.944. The van der Waals surface area contributed by atoms with E-state index in [0.717, 1.165) is 31.0 Å². The van der Waals surface area contributed by atoms with Crippen molar-refractivity contribution in [1.29, 1.82) is 0 Å². The lowest BCUT2D eigenvalue weighted by atomic mass is 10.1. The van der Waals surface area contributed by atoms with Crippen LogP contribution < -0.4 is 4.90 Å². The number of halogens is 2. The fourth-order valence-corrected chi connectivity index (χ4v) is 2.64. The van der Waals surface area contributed by atoms with Gasteiger partial charge in [0.15, 0.2) is 0 Å². The molecule has 0 amide bonds. The summed E-state index contributed by atoms with van der Waals surface area (Å²) in [5.74, 6) is 1.27. The van der Waals surface area contributed by atoms with Gasteiger partial charge in [0.1, 0.15) is 5.82 Å². The summed E-state index contributed by atoms with van der Waals surface area (Å²) in [6, 6.07) is 2.23. The molecule has 0 radical (unpaired) electrons. The monoisotopic (exact) mass is 288 g/mol. The van der Waals surface area contributed by atoms with E-state index in [9.17, 15) is 0 Å². The summed E-state index contributed by atoms with van der Waals surface area (Å²) >= 11 is 12.1. The number of alkyl halides is 1. The summed E-state index contributed by atoms with van der Waals surface area (Å²) in [4.78, 5) is 6.70. The first-order valence-corrected chi connectivity index (χ1v) is 7.15. The molecule has 2 unspecified atom stereocenters. The molecule has 1 aliphatic heterocycles. The van der Waals surface area contributed by atoms with E-state index in [1.807, 2.05) is 6.07 Å². The number of aromatic nitrogens is 1. The van der Waals surface area contributed by atoms with E-state index in [0.29, 0.717) is 16.9 Å². The van der Waals surface area contributed by atoms with Gasteiger partial charge in [-0.2, -0.15) is 0 Å². The van der Waals surface area contributed by atoms with Crippen LogP contribution in [-0.2, 0) is 10.6 Å². The third-order valence-electron chi connectivity index (χ3n) is 3.24. The largest absolute Gasteiger partial charge is 0.375 e. The standard InChI is InChI=1S/C13H18Cl2N2O/c1-3-11-8-18-9(2)7-17(11)13-12(15)4-10(5-14)6-16-13/h4,6,9,11H,3,5,7-8H2,1-2H3. The smallest absolute Gasteiger partial charge is 0.147 e. The lowest BCUT2D eigenvalue weighted by Crippen LogP contribution is -2.49. The van der Waals surface area contributed by atoms with Gasteiger partial charge in [0.05, 0.1) is 23.8 Å². The highest BCUT2D eigenvalue weighted by Crippen LogP contribution is 2.29. The zero-order valence-corrected chi connectivity index (χ0v) is 12.2. The third-order valence-corrected chi connectivity index (χ3v) is 3.83. The maximum Gasteiger partial charge on any atom is 0.147 e. The van der Waals surface area contributed by atoms with Crippen molar-refractivity contribution in [1.82, 2.24) is 4.98 Å². The van der Waals surface area contributed by atoms with Gasteiger partial charge in [-0.05, 0) is 25.0 Å². The van der Waals surface area contributed by atoms with Crippen LogP contribution in [0.25, 0.3) is 0 Å². The average molecular weight is 289 g/mol. The maximum absolute atomic E-state index is 6.31. The SMILES string of the molecule is CCC1COC(C)CN1c1ncc(CCl)cc1Cl. The number of pyridine rings is 1. The molecule has 3 nitrogen and oxygen atoms in total. The van der Waals surface area contributed by atoms with Gasteiger partial charge < -0.3 is 9.64 Å². The molecule has 1 aliphatic rings. The van der Waals surface area contributed by atoms with Gasteiger partial charge in [-0.3, -0.25) is 0 Å². The lowest BCUT2D eigenvalue weighted by molar-refractivity contribution is 0.0296. The first-order chi connectivity index (χ1) is 8.65. The van der Waals surface area contributed by atoms with Gasteiger partial charge in [0, 0.05) is 18.6 Å². The van der Waals surface area contributed by atoms with E-state index in [2.05, 4.69) is 23.7 Å². The molecular weight excluding hydrogens is 271 g/mol. The highest BCUT2D eigenvalue weighted by molar-refractivity contribution is 6.33. The molecule has 2 rings (SSSR count). The Kier molecular flexibility index (Phi) is 4.71. The predicted molar refractivity (Wildman–Crippen MR) is 75.6 cm³/mol. The van der Waals surface area contributed by atoms with Gasteiger partial charge in [-0.25, -0.2) is 4.98 Å². The second-order valence-corrected chi connectivity index (χ2v) is 5.32. The van der Waals surface area contributed by atoms with Gasteiger partial charge in [0.2, 0.25) is 0 Å². The molecule has 5 heteroatoms. The van der Waals surface area contributed by atoms with E-state index in [1.165, 1.54) is 0 Å². The topological polar surface area (TPSA) is 25.4 Å². The van der Waals surface area contributed by atoms with Crippen LogP contribution in [0.15, 0.2) is 12.3 Å². The molecule has 100 valence electrons. The van der Waals surface area contributed by atoms with Crippen LogP contribution in [0.3, 0.4) is 0 Å². The Morgan fingerprint density at radius 3 is 2.94 bits per heavy atom. The maximum atomic E-state index is 6.31. The Morgan fingerprint density at radius 2 is 2.33 bits per heavy atom. The summed E-state index contributed by atoms with van der Waals surface area (Å²) < 4.78 is 5.68. The zero-order chi connectivity index (χ0) is 13.1. The molecule has 1 saturated heterocycles. The van der Waals surface area contributed by atoms with Crippen molar-refractivity contribution in [3.63, 3.8) is 0 Å². The van der Waals surface area contributed by atoms with Crippen molar-refractivity contribution < 1.29 is 4.74 Å². The van der Waals surface area contributed by atoms with Crippen molar-refractivity contribution >= 4 is 29.0 Å². The number of hydrogen-bond donors (Lipinski definition) is 0. The minimum atomic E-state index is 0.207. The van der Waals surface area contributed by atoms with Crippen LogP contribution in [-0.4, -0.2) is 30.3 Å².